The maximum atomic E-state index is 11.4. The number of rotatable bonds is 4. The van der Waals surface area contributed by atoms with Crippen molar-refractivity contribution < 1.29 is 9.53 Å². The molecule has 0 atom stereocenters. The number of ether oxygens (including phenoxy) is 1. The fourth-order valence-electron chi connectivity index (χ4n) is 1.99. The van der Waals surface area contributed by atoms with Crippen molar-refractivity contribution >= 4 is 17.3 Å². The molecule has 0 saturated heterocycles. The van der Waals surface area contributed by atoms with Gasteiger partial charge in [-0.2, -0.15) is 5.10 Å². The van der Waals surface area contributed by atoms with Gasteiger partial charge in [0, 0.05) is 23.7 Å². The van der Waals surface area contributed by atoms with Crippen LogP contribution in [0.25, 0.3) is 11.3 Å². The summed E-state index contributed by atoms with van der Waals surface area (Å²) in [4.78, 5) is 15.9. The van der Waals surface area contributed by atoms with Crippen molar-refractivity contribution in [2.24, 2.45) is 7.05 Å². The lowest BCUT2D eigenvalue weighted by Gasteiger charge is -1.99. The standard InChI is InChI=1S/C13H17N3O2S/c1-5-18-12(17)6-11-14-10(7-19-11)13-8(2)15-16(4)9(13)3/h7H,5-6H2,1-4H3. The van der Waals surface area contributed by atoms with Crippen molar-refractivity contribution in [2.45, 2.75) is 27.2 Å². The summed E-state index contributed by atoms with van der Waals surface area (Å²) >= 11 is 1.48. The molecular formula is C13H17N3O2S. The first-order valence-corrected chi connectivity index (χ1v) is 7.01. The average molecular weight is 279 g/mol. The van der Waals surface area contributed by atoms with Crippen LogP contribution < -0.4 is 0 Å². The number of hydrogen-bond donors (Lipinski definition) is 0. The van der Waals surface area contributed by atoms with Crippen LogP contribution in [0.3, 0.4) is 0 Å². The number of carbonyl (C=O) groups is 1. The SMILES string of the molecule is CCOC(=O)Cc1nc(-c2c(C)nn(C)c2C)cs1. The number of thiazole rings is 1. The minimum absolute atomic E-state index is 0.233. The molecule has 5 nitrogen and oxygen atoms in total. The third-order valence-electron chi connectivity index (χ3n) is 2.92. The normalized spacial score (nSPS) is 10.7. The van der Waals surface area contributed by atoms with Gasteiger partial charge in [0.2, 0.25) is 0 Å². The number of aromatic nitrogens is 3. The monoisotopic (exact) mass is 279 g/mol. The largest absolute Gasteiger partial charge is 0.466 e. The highest BCUT2D eigenvalue weighted by molar-refractivity contribution is 7.10. The maximum absolute atomic E-state index is 11.4. The molecule has 6 heteroatoms. The molecule has 2 aromatic heterocycles. The van der Waals surface area contributed by atoms with Crippen LogP contribution in [0.5, 0.6) is 0 Å². The highest BCUT2D eigenvalue weighted by Gasteiger charge is 2.16. The maximum Gasteiger partial charge on any atom is 0.312 e. The van der Waals surface area contributed by atoms with E-state index in [0.717, 1.165) is 27.7 Å². The average Bonchev–Trinajstić information content (AvgIpc) is 2.86. The fraction of sp³-hybridized carbons (Fsp3) is 0.462. The zero-order valence-electron chi connectivity index (χ0n) is 11.6. The van der Waals surface area contributed by atoms with Crippen molar-refractivity contribution in [3.63, 3.8) is 0 Å². The lowest BCUT2D eigenvalue weighted by molar-refractivity contribution is -0.142. The quantitative estimate of drug-likeness (QED) is 0.806. The predicted octanol–water partition coefficient (Wildman–Crippen LogP) is 2.27. The summed E-state index contributed by atoms with van der Waals surface area (Å²) in [7, 11) is 1.91. The minimum atomic E-state index is -0.233. The van der Waals surface area contributed by atoms with E-state index in [2.05, 4.69) is 10.1 Å². The molecule has 102 valence electrons. The van der Waals surface area contributed by atoms with E-state index in [1.165, 1.54) is 11.3 Å². The molecule has 2 heterocycles. The third kappa shape index (κ3) is 2.84. The first-order valence-electron chi connectivity index (χ1n) is 6.13. The second-order valence-electron chi connectivity index (χ2n) is 4.28. The summed E-state index contributed by atoms with van der Waals surface area (Å²) in [6.07, 6.45) is 0.233. The predicted molar refractivity (Wildman–Crippen MR) is 74.1 cm³/mol. The molecule has 19 heavy (non-hydrogen) atoms. The van der Waals surface area contributed by atoms with Crippen molar-refractivity contribution in [3.8, 4) is 11.3 Å². The molecule has 0 fully saturated rings. The van der Waals surface area contributed by atoms with Crippen LogP contribution in [-0.4, -0.2) is 27.3 Å². The summed E-state index contributed by atoms with van der Waals surface area (Å²) in [5.74, 6) is -0.233. The fourth-order valence-corrected chi connectivity index (χ4v) is 2.76. The van der Waals surface area contributed by atoms with E-state index < -0.39 is 0 Å². The van der Waals surface area contributed by atoms with Crippen LogP contribution in [0.1, 0.15) is 23.3 Å². The van der Waals surface area contributed by atoms with Crippen LogP contribution in [0.4, 0.5) is 0 Å². The van der Waals surface area contributed by atoms with Gasteiger partial charge in [0.15, 0.2) is 0 Å². The number of esters is 1. The van der Waals surface area contributed by atoms with Crippen molar-refractivity contribution in [2.75, 3.05) is 6.61 Å². The summed E-state index contributed by atoms with van der Waals surface area (Å²) < 4.78 is 6.77. The number of carbonyl (C=O) groups excluding carboxylic acids is 1. The Labute approximate surface area is 116 Å². The molecule has 0 saturated carbocycles. The minimum Gasteiger partial charge on any atom is -0.466 e. The molecule has 0 aliphatic rings. The summed E-state index contributed by atoms with van der Waals surface area (Å²) in [6.45, 7) is 6.18. The Morgan fingerprint density at radius 3 is 2.79 bits per heavy atom. The van der Waals surface area contributed by atoms with Gasteiger partial charge in [-0.25, -0.2) is 4.98 Å². The zero-order valence-corrected chi connectivity index (χ0v) is 12.4. The molecule has 0 aliphatic heterocycles. The van der Waals surface area contributed by atoms with Crippen LogP contribution in [0.15, 0.2) is 5.38 Å². The van der Waals surface area contributed by atoms with Crippen LogP contribution in [0, 0.1) is 13.8 Å². The van der Waals surface area contributed by atoms with E-state index in [-0.39, 0.29) is 12.4 Å². The van der Waals surface area contributed by atoms with E-state index in [9.17, 15) is 4.79 Å². The molecule has 0 amide bonds. The zero-order chi connectivity index (χ0) is 14.0. The second-order valence-corrected chi connectivity index (χ2v) is 5.22. The molecule has 2 rings (SSSR count). The molecule has 0 aliphatic carbocycles. The first kappa shape index (κ1) is 13.7. The smallest absolute Gasteiger partial charge is 0.312 e. The highest BCUT2D eigenvalue weighted by Crippen LogP contribution is 2.27. The third-order valence-corrected chi connectivity index (χ3v) is 3.77. The number of aryl methyl sites for hydroxylation is 2. The van der Waals surface area contributed by atoms with Crippen LogP contribution in [0.2, 0.25) is 0 Å². The van der Waals surface area contributed by atoms with Gasteiger partial charge >= 0.3 is 5.97 Å². The number of hydrogen-bond acceptors (Lipinski definition) is 5. The van der Waals surface area contributed by atoms with E-state index in [4.69, 9.17) is 4.74 Å². The molecule has 0 unspecified atom stereocenters. The van der Waals surface area contributed by atoms with E-state index in [1.807, 2.05) is 31.0 Å². The lowest BCUT2D eigenvalue weighted by atomic mass is 10.1. The van der Waals surface area contributed by atoms with Gasteiger partial charge in [-0.3, -0.25) is 9.48 Å². The van der Waals surface area contributed by atoms with Gasteiger partial charge in [-0.05, 0) is 20.8 Å². The highest BCUT2D eigenvalue weighted by atomic mass is 32.1. The van der Waals surface area contributed by atoms with Gasteiger partial charge in [-0.1, -0.05) is 0 Å². The molecule has 0 radical (unpaired) electrons. The molecule has 0 aromatic carbocycles. The molecule has 0 N–H and O–H groups in total. The summed E-state index contributed by atoms with van der Waals surface area (Å²) in [5, 5.41) is 7.11. The van der Waals surface area contributed by atoms with Gasteiger partial charge in [0.25, 0.3) is 0 Å². The van der Waals surface area contributed by atoms with Gasteiger partial charge < -0.3 is 4.74 Å². The van der Waals surface area contributed by atoms with Crippen LogP contribution in [-0.2, 0) is 23.0 Å². The Kier molecular flexibility index (Phi) is 3.99. The van der Waals surface area contributed by atoms with E-state index >= 15 is 0 Å². The van der Waals surface area contributed by atoms with Crippen molar-refractivity contribution in [3.05, 3.63) is 21.8 Å². The first-order chi connectivity index (χ1) is 9.02. The van der Waals surface area contributed by atoms with Crippen molar-refractivity contribution in [1.29, 1.82) is 0 Å². The van der Waals surface area contributed by atoms with Gasteiger partial charge in [0.1, 0.15) is 5.01 Å². The Hall–Kier alpha value is -1.69. The van der Waals surface area contributed by atoms with E-state index in [0.29, 0.717) is 6.61 Å². The number of nitrogens with zero attached hydrogens (tertiary/aromatic N) is 3. The van der Waals surface area contributed by atoms with Crippen molar-refractivity contribution in [1.82, 2.24) is 14.8 Å². The van der Waals surface area contributed by atoms with E-state index in [1.54, 1.807) is 6.92 Å². The Balaban J connectivity index is 2.23. The molecular weight excluding hydrogens is 262 g/mol. The Morgan fingerprint density at radius 2 is 2.21 bits per heavy atom. The lowest BCUT2D eigenvalue weighted by Crippen LogP contribution is -2.07. The second kappa shape index (κ2) is 5.52. The Bertz CT molecular complexity index is 601. The molecule has 2 aromatic rings. The van der Waals surface area contributed by atoms with Gasteiger partial charge in [0.05, 0.1) is 24.4 Å². The topological polar surface area (TPSA) is 57.0 Å². The summed E-state index contributed by atoms with van der Waals surface area (Å²) in [5.41, 5.74) is 3.96. The molecule has 0 bridgehead atoms. The van der Waals surface area contributed by atoms with Crippen LogP contribution >= 0.6 is 11.3 Å². The molecule has 0 spiro atoms. The van der Waals surface area contributed by atoms with Gasteiger partial charge in [-0.15, -0.1) is 11.3 Å². The summed E-state index contributed by atoms with van der Waals surface area (Å²) in [6, 6.07) is 0. The Morgan fingerprint density at radius 1 is 1.47 bits per heavy atom.